The average Bonchev–Trinajstić information content (AvgIpc) is 2.64. The Bertz CT molecular complexity index is 590. The molecular weight excluding hydrogens is 292 g/mol. The zero-order chi connectivity index (χ0) is 15.8. The van der Waals surface area contributed by atoms with Crippen molar-refractivity contribution in [2.45, 2.75) is 45.7 Å². The van der Waals surface area contributed by atoms with Crippen LogP contribution in [0.5, 0.6) is 0 Å². The molecule has 0 unspecified atom stereocenters. The lowest BCUT2D eigenvalue weighted by Gasteiger charge is -2.25. The molecule has 0 bridgehead atoms. The molecule has 2 nitrogen and oxygen atoms in total. The Morgan fingerprint density at radius 2 is 1.62 bits per heavy atom. The third-order valence-corrected chi connectivity index (χ3v) is 4.75. The van der Waals surface area contributed by atoms with E-state index in [0.29, 0.717) is 0 Å². The van der Waals surface area contributed by atoms with Gasteiger partial charge in [0.15, 0.2) is 0 Å². The first kappa shape index (κ1) is 16.1. The number of fused-ring (bicyclic) bond motifs is 1. The summed E-state index contributed by atoms with van der Waals surface area (Å²) in [6.07, 6.45) is 0.860. The molecule has 0 atom stereocenters. The number of hydrogen-bond donors (Lipinski definition) is 0. The largest absolute Gasteiger partial charge is 0.544 e. The Hall–Kier alpha value is -1.27. The van der Waals surface area contributed by atoms with Gasteiger partial charge in [0.2, 0.25) is 16.6 Å². The Kier molecular flexibility index (Phi) is 4.22. The van der Waals surface area contributed by atoms with Gasteiger partial charge in [0.25, 0.3) is 0 Å². The zero-order valence-electron chi connectivity index (χ0n) is 14.0. The Labute approximate surface area is 130 Å². The second kappa shape index (κ2) is 5.50. The highest BCUT2D eigenvalue weighted by molar-refractivity contribution is 6.70. The quantitative estimate of drug-likeness (QED) is 0.551. The van der Waals surface area contributed by atoms with E-state index in [1.165, 1.54) is 11.1 Å². The maximum Gasteiger partial charge on any atom is 0.242 e. The van der Waals surface area contributed by atoms with Gasteiger partial charge in [-0.3, -0.25) is 0 Å². The smallest absolute Gasteiger partial charge is 0.242 e. The highest BCUT2D eigenvalue weighted by Crippen LogP contribution is 2.39. The summed E-state index contributed by atoms with van der Waals surface area (Å²) in [5, 5.41) is 0. The molecular formula is C17H26O2Si2. The van der Waals surface area contributed by atoms with Crippen LogP contribution >= 0.6 is 0 Å². The third kappa shape index (κ3) is 4.11. The number of allylic oxidation sites excluding steroid dienone is 1. The molecule has 0 saturated heterocycles. The maximum atomic E-state index is 6.37. The standard InChI is InChI=1S/C17H26O2Si2/c1-13(18-20(2,3)4)16-12-14-10-8-9-11-15(14)17(16)19-21(5,6)7/h8-11H,1,12H2,2-7H3. The van der Waals surface area contributed by atoms with Crippen molar-refractivity contribution in [3.63, 3.8) is 0 Å². The maximum absolute atomic E-state index is 6.37. The normalized spacial score (nSPS) is 15.0. The van der Waals surface area contributed by atoms with Crippen LogP contribution in [0.4, 0.5) is 0 Å². The van der Waals surface area contributed by atoms with Gasteiger partial charge in [0.05, 0.1) is 0 Å². The summed E-state index contributed by atoms with van der Waals surface area (Å²) in [5.74, 6) is 1.78. The van der Waals surface area contributed by atoms with E-state index in [1.807, 2.05) is 0 Å². The lowest BCUT2D eigenvalue weighted by Crippen LogP contribution is -2.26. The van der Waals surface area contributed by atoms with E-state index in [-0.39, 0.29) is 0 Å². The van der Waals surface area contributed by atoms with Gasteiger partial charge in [-0.15, -0.1) is 0 Å². The fourth-order valence-corrected chi connectivity index (χ4v) is 4.12. The molecule has 0 aromatic heterocycles. The molecule has 114 valence electrons. The summed E-state index contributed by atoms with van der Waals surface area (Å²) in [6.45, 7) is 17.3. The summed E-state index contributed by atoms with van der Waals surface area (Å²) in [5.41, 5.74) is 3.64. The lowest BCUT2D eigenvalue weighted by atomic mass is 10.1. The third-order valence-electron chi connectivity index (χ3n) is 3.08. The van der Waals surface area contributed by atoms with Crippen LogP contribution in [-0.4, -0.2) is 16.6 Å². The van der Waals surface area contributed by atoms with Crippen molar-refractivity contribution in [3.8, 4) is 0 Å². The molecule has 2 rings (SSSR count). The van der Waals surface area contributed by atoms with Gasteiger partial charge in [0, 0.05) is 17.6 Å². The van der Waals surface area contributed by atoms with Crippen LogP contribution in [0.1, 0.15) is 11.1 Å². The van der Waals surface area contributed by atoms with E-state index in [4.69, 9.17) is 8.85 Å². The summed E-state index contributed by atoms with van der Waals surface area (Å²) in [4.78, 5) is 0. The van der Waals surface area contributed by atoms with E-state index in [0.717, 1.165) is 23.5 Å². The lowest BCUT2D eigenvalue weighted by molar-refractivity contribution is 0.428. The first-order valence-electron chi connectivity index (χ1n) is 7.45. The van der Waals surface area contributed by atoms with Gasteiger partial charge in [-0.25, -0.2) is 0 Å². The monoisotopic (exact) mass is 318 g/mol. The minimum absolute atomic E-state index is 0.790. The molecule has 1 aromatic carbocycles. The van der Waals surface area contributed by atoms with Crippen LogP contribution < -0.4 is 0 Å². The van der Waals surface area contributed by atoms with Crippen molar-refractivity contribution in [1.29, 1.82) is 0 Å². The highest BCUT2D eigenvalue weighted by atomic mass is 28.4. The predicted octanol–water partition coefficient (Wildman–Crippen LogP) is 5.17. The van der Waals surface area contributed by atoms with Crippen LogP contribution in [0.15, 0.2) is 42.2 Å². The number of hydrogen-bond acceptors (Lipinski definition) is 2. The van der Waals surface area contributed by atoms with E-state index in [1.54, 1.807) is 0 Å². The summed E-state index contributed by atoms with van der Waals surface area (Å²) in [7, 11) is -3.34. The van der Waals surface area contributed by atoms with Crippen molar-refractivity contribution in [2.24, 2.45) is 0 Å². The van der Waals surface area contributed by atoms with E-state index in [9.17, 15) is 0 Å². The second-order valence-corrected chi connectivity index (χ2v) is 16.4. The van der Waals surface area contributed by atoms with E-state index < -0.39 is 16.6 Å². The molecule has 4 heteroatoms. The van der Waals surface area contributed by atoms with Gasteiger partial charge in [-0.05, 0) is 44.8 Å². The Balaban J connectivity index is 2.40. The Morgan fingerprint density at radius 1 is 1.00 bits per heavy atom. The SMILES string of the molecule is C=C(O[Si](C)(C)C)C1=C(O[Si](C)(C)C)c2ccccc2C1. The van der Waals surface area contributed by atoms with Crippen molar-refractivity contribution in [2.75, 3.05) is 0 Å². The van der Waals surface area contributed by atoms with Gasteiger partial charge in [-0.2, -0.15) is 0 Å². The minimum atomic E-state index is -1.68. The molecule has 0 amide bonds. The molecule has 0 fully saturated rings. The fourth-order valence-electron chi connectivity index (χ4n) is 2.41. The predicted molar refractivity (Wildman–Crippen MR) is 95.1 cm³/mol. The molecule has 0 N–H and O–H groups in total. The summed E-state index contributed by atoms with van der Waals surface area (Å²) in [6, 6.07) is 8.45. The Morgan fingerprint density at radius 3 is 2.19 bits per heavy atom. The van der Waals surface area contributed by atoms with E-state index >= 15 is 0 Å². The number of benzene rings is 1. The zero-order valence-corrected chi connectivity index (χ0v) is 16.0. The average molecular weight is 319 g/mol. The molecule has 1 aliphatic carbocycles. The van der Waals surface area contributed by atoms with E-state index in [2.05, 4.69) is 70.1 Å². The molecule has 1 aliphatic rings. The van der Waals surface area contributed by atoms with Crippen molar-refractivity contribution < 1.29 is 8.85 Å². The molecule has 0 radical (unpaired) electrons. The van der Waals surface area contributed by atoms with Crippen LogP contribution in [0.3, 0.4) is 0 Å². The number of rotatable bonds is 5. The topological polar surface area (TPSA) is 18.5 Å². The summed E-state index contributed by atoms with van der Waals surface area (Å²) < 4.78 is 12.5. The fraction of sp³-hybridized carbons (Fsp3) is 0.412. The first-order valence-corrected chi connectivity index (χ1v) is 14.3. The van der Waals surface area contributed by atoms with Gasteiger partial charge in [-0.1, -0.05) is 30.8 Å². The molecule has 21 heavy (non-hydrogen) atoms. The molecule has 0 aliphatic heterocycles. The van der Waals surface area contributed by atoms with Crippen LogP contribution in [0, 0.1) is 0 Å². The highest BCUT2D eigenvalue weighted by Gasteiger charge is 2.30. The van der Waals surface area contributed by atoms with Crippen LogP contribution in [0.2, 0.25) is 39.3 Å². The minimum Gasteiger partial charge on any atom is -0.544 e. The second-order valence-electron chi connectivity index (χ2n) is 7.49. The van der Waals surface area contributed by atoms with Crippen molar-refractivity contribution in [3.05, 3.63) is 53.3 Å². The van der Waals surface area contributed by atoms with Crippen molar-refractivity contribution in [1.82, 2.24) is 0 Å². The molecule has 0 spiro atoms. The first-order chi connectivity index (χ1) is 9.57. The van der Waals surface area contributed by atoms with Crippen molar-refractivity contribution >= 4 is 22.4 Å². The summed E-state index contributed by atoms with van der Waals surface area (Å²) >= 11 is 0. The molecule has 0 heterocycles. The van der Waals surface area contributed by atoms with Crippen LogP contribution in [-0.2, 0) is 15.3 Å². The van der Waals surface area contributed by atoms with Gasteiger partial charge < -0.3 is 8.85 Å². The van der Waals surface area contributed by atoms with Gasteiger partial charge in [0.1, 0.15) is 11.5 Å². The molecule has 1 aromatic rings. The van der Waals surface area contributed by atoms with Gasteiger partial charge >= 0.3 is 0 Å². The molecule has 0 saturated carbocycles. The van der Waals surface area contributed by atoms with Crippen LogP contribution in [0.25, 0.3) is 5.76 Å².